The summed E-state index contributed by atoms with van der Waals surface area (Å²) in [6, 6.07) is 12.4. The number of carbonyl (C=O) groups excluding carboxylic acids is 1. The Kier molecular flexibility index (Phi) is 7.53. The van der Waals surface area contributed by atoms with Crippen molar-refractivity contribution in [1.29, 1.82) is 0 Å². The summed E-state index contributed by atoms with van der Waals surface area (Å²) in [7, 11) is -0.937. The predicted molar refractivity (Wildman–Crippen MR) is 114 cm³/mol. The Bertz CT molecular complexity index is 983. The van der Waals surface area contributed by atoms with Crippen molar-refractivity contribution in [2.75, 3.05) is 20.7 Å². The fraction of sp³-hybridized carbons (Fsp3) is 0.333. The maximum Gasteiger partial charge on any atom is 0.255 e. The number of methoxy groups -OCH3 is 1. The van der Waals surface area contributed by atoms with Crippen molar-refractivity contribution >= 4 is 22.1 Å². The summed E-state index contributed by atoms with van der Waals surface area (Å²) >= 11 is 0. The zero-order valence-electron chi connectivity index (χ0n) is 17.3. The Balaban J connectivity index is 1.97. The van der Waals surface area contributed by atoms with E-state index < -0.39 is 15.9 Å². The van der Waals surface area contributed by atoms with Crippen LogP contribution in [0.3, 0.4) is 0 Å². The molecule has 0 saturated carbocycles. The van der Waals surface area contributed by atoms with Crippen LogP contribution >= 0.6 is 0 Å². The van der Waals surface area contributed by atoms with Gasteiger partial charge in [-0.3, -0.25) is 4.79 Å². The van der Waals surface area contributed by atoms with E-state index in [1.165, 1.54) is 38.1 Å². The van der Waals surface area contributed by atoms with E-state index in [-0.39, 0.29) is 11.4 Å². The first-order chi connectivity index (χ1) is 13.6. The van der Waals surface area contributed by atoms with Crippen molar-refractivity contribution in [1.82, 2.24) is 9.73 Å². The van der Waals surface area contributed by atoms with Gasteiger partial charge in [-0.25, -0.2) is 13.8 Å². The number of rotatable bonds is 8. The van der Waals surface area contributed by atoms with Crippen LogP contribution in [0.15, 0.2) is 52.5 Å². The van der Waals surface area contributed by atoms with Crippen LogP contribution in [-0.4, -0.2) is 45.5 Å². The van der Waals surface area contributed by atoms with Gasteiger partial charge < -0.3 is 4.74 Å². The lowest BCUT2D eigenvalue weighted by molar-refractivity contribution is -0.121. The number of benzene rings is 2. The molecule has 0 saturated heterocycles. The molecule has 1 N–H and O–H groups in total. The highest BCUT2D eigenvalue weighted by Crippen LogP contribution is 2.23. The van der Waals surface area contributed by atoms with Gasteiger partial charge in [0.25, 0.3) is 5.91 Å². The van der Waals surface area contributed by atoms with Crippen LogP contribution in [-0.2, 0) is 14.8 Å². The third-order valence-electron chi connectivity index (χ3n) is 4.45. The number of nitrogens with one attached hydrogen (secondary N) is 1. The smallest absolute Gasteiger partial charge is 0.255 e. The van der Waals surface area contributed by atoms with E-state index in [9.17, 15) is 13.2 Å². The molecule has 156 valence electrons. The van der Waals surface area contributed by atoms with E-state index in [0.717, 1.165) is 9.87 Å². The number of aryl methyl sites for hydroxylation is 1. The lowest BCUT2D eigenvalue weighted by Crippen LogP contribution is -2.36. The van der Waals surface area contributed by atoms with E-state index in [2.05, 4.69) is 24.4 Å². The van der Waals surface area contributed by atoms with Crippen molar-refractivity contribution in [3.8, 4) is 5.75 Å². The number of likely N-dealkylation sites (N-methyl/N-ethyl adjacent to an activating group) is 1. The van der Waals surface area contributed by atoms with Crippen molar-refractivity contribution in [3.63, 3.8) is 0 Å². The van der Waals surface area contributed by atoms with Crippen LogP contribution in [0, 0.1) is 6.92 Å². The monoisotopic (exact) mass is 417 g/mol. The second-order valence-corrected chi connectivity index (χ2v) is 9.05. The fourth-order valence-corrected chi connectivity index (χ4v) is 3.87. The number of hydrogen-bond acceptors (Lipinski definition) is 5. The average Bonchev–Trinajstić information content (AvgIpc) is 2.68. The topological polar surface area (TPSA) is 88.1 Å². The molecule has 7 nitrogen and oxygen atoms in total. The lowest BCUT2D eigenvalue weighted by Gasteiger charge is -2.17. The molecule has 0 aliphatic heterocycles. The molecule has 1 amide bonds. The molecule has 0 bridgehead atoms. The first kappa shape index (κ1) is 22.6. The van der Waals surface area contributed by atoms with Crippen LogP contribution in [0.2, 0.25) is 0 Å². The second-order valence-electron chi connectivity index (χ2n) is 7.01. The summed E-state index contributed by atoms with van der Waals surface area (Å²) in [6.45, 7) is 5.63. The standard InChI is InChI=1S/C21H27N3O4S/c1-15(2)18-8-6-17(7-9-18)13-22-23-21(25)14-24(4)29(26,27)19-10-11-20(28-5)16(3)12-19/h6-13,15H,14H2,1-5H3,(H,23,25)/b22-13-. The predicted octanol–water partition coefficient (Wildman–Crippen LogP) is 2.90. The Hall–Kier alpha value is -2.71. The largest absolute Gasteiger partial charge is 0.496 e. The Morgan fingerprint density at radius 3 is 2.41 bits per heavy atom. The Morgan fingerprint density at radius 1 is 1.21 bits per heavy atom. The van der Waals surface area contributed by atoms with Crippen molar-refractivity contribution in [3.05, 3.63) is 59.2 Å². The second kappa shape index (κ2) is 9.67. The molecule has 0 fully saturated rings. The molecule has 29 heavy (non-hydrogen) atoms. The van der Waals surface area contributed by atoms with Gasteiger partial charge in [0.1, 0.15) is 5.75 Å². The van der Waals surface area contributed by atoms with Gasteiger partial charge in [0.2, 0.25) is 10.0 Å². The van der Waals surface area contributed by atoms with Crippen LogP contribution < -0.4 is 10.2 Å². The summed E-state index contributed by atoms with van der Waals surface area (Å²) in [5.74, 6) is 0.504. The molecular weight excluding hydrogens is 390 g/mol. The number of carbonyl (C=O) groups is 1. The van der Waals surface area contributed by atoms with Crippen LogP contribution in [0.5, 0.6) is 5.75 Å². The van der Waals surface area contributed by atoms with Gasteiger partial charge >= 0.3 is 0 Å². The molecule has 0 spiro atoms. The molecule has 0 radical (unpaired) electrons. The number of hydrazone groups is 1. The highest BCUT2D eigenvalue weighted by molar-refractivity contribution is 7.89. The summed E-state index contributed by atoms with van der Waals surface area (Å²) in [5, 5.41) is 3.90. The summed E-state index contributed by atoms with van der Waals surface area (Å²) < 4.78 is 31.5. The van der Waals surface area contributed by atoms with Gasteiger partial charge in [-0.2, -0.15) is 9.41 Å². The third-order valence-corrected chi connectivity index (χ3v) is 6.25. The first-order valence-electron chi connectivity index (χ1n) is 9.18. The Labute approximate surface area is 172 Å². The fourth-order valence-electron chi connectivity index (χ4n) is 2.66. The van der Waals surface area contributed by atoms with Crippen molar-refractivity contribution in [2.45, 2.75) is 31.6 Å². The molecule has 2 rings (SSSR count). The number of sulfonamides is 1. The zero-order chi connectivity index (χ0) is 21.6. The van der Waals surface area contributed by atoms with Crippen LogP contribution in [0.1, 0.15) is 36.5 Å². The normalized spacial score (nSPS) is 12.0. The van der Waals surface area contributed by atoms with E-state index in [4.69, 9.17) is 4.74 Å². The van der Waals surface area contributed by atoms with Crippen LogP contribution in [0.25, 0.3) is 0 Å². The highest BCUT2D eigenvalue weighted by atomic mass is 32.2. The van der Waals surface area contributed by atoms with Gasteiger partial charge in [-0.1, -0.05) is 38.1 Å². The maximum absolute atomic E-state index is 12.7. The van der Waals surface area contributed by atoms with Gasteiger partial charge in [-0.05, 0) is 47.7 Å². The van der Waals surface area contributed by atoms with E-state index >= 15 is 0 Å². The molecule has 2 aromatic rings. The minimum absolute atomic E-state index is 0.0971. The average molecular weight is 418 g/mol. The lowest BCUT2D eigenvalue weighted by atomic mass is 10.0. The molecule has 2 aromatic carbocycles. The quantitative estimate of drug-likeness (QED) is 0.528. The summed E-state index contributed by atoms with van der Waals surface area (Å²) in [4.78, 5) is 12.2. The van der Waals surface area contributed by atoms with Crippen LogP contribution in [0.4, 0.5) is 0 Å². The van der Waals surface area contributed by atoms with Gasteiger partial charge in [-0.15, -0.1) is 0 Å². The number of ether oxygens (including phenoxy) is 1. The molecule has 0 aliphatic rings. The van der Waals surface area contributed by atoms with Crippen molar-refractivity contribution < 1.29 is 17.9 Å². The molecule has 8 heteroatoms. The molecule has 0 atom stereocenters. The first-order valence-corrected chi connectivity index (χ1v) is 10.6. The number of nitrogens with zero attached hydrogens (tertiary/aromatic N) is 2. The van der Waals surface area contributed by atoms with Gasteiger partial charge in [0.05, 0.1) is 24.8 Å². The van der Waals surface area contributed by atoms with E-state index in [1.54, 1.807) is 13.0 Å². The number of hydrogen-bond donors (Lipinski definition) is 1. The zero-order valence-corrected chi connectivity index (χ0v) is 18.2. The summed E-state index contributed by atoms with van der Waals surface area (Å²) in [6.07, 6.45) is 1.52. The van der Waals surface area contributed by atoms with Gasteiger partial charge in [0.15, 0.2) is 0 Å². The molecular formula is C21H27N3O4S. The van der Waals surface area contributed by atoms with E-state index in [0.29, 0.717) is 17.2 Å². The van der Waals surface area contributed by atoms with Crippen molar-refractivity contribution in [2.24, 2.45) is 5.10 Å². The molecule has 0 heterocycles. The SMILES string of the molecule is COc1ccc(S(=O)(=O)N(C)CC(=O)N/N=C\c2ccc(C(C)C)cc2)cc1C. The highest BCUT2D eigenvalue weighted by Gasteiger charge is 2.23. The van der Waals surface area contributed by atoms with Gasteiger partial charge in [0, 0.05) is 7.05 Å². The number of amides is 1. The Morgan fingerprint density at radius 2 is 1.86 bits per heavy atom. The maximum atomic E-state index is 12.7. The van der Waals surface area contributed by atoms with E-state index in [1.807, 2.05) is 24.3 Å². The summed E-state index contributed by atoms with van der Waals surface area (Å²) in [5.41, 5.74) is 5.10. The third kappa shape index (κ3) is 5.88. The minimum atomic E-state index is -3.81. The molecule has 0 unspecified atom stereocenters. The minimum Gasteiger partial charge on any atom is -0.496 e. The molecule has 0 aliphatic carbocycles. The molecule has 0 aromatic heterocycles.